The molecule has 180 valence electrons. The molecule has 0 bridgehead atoms. The van der Waals surface area contributed by atoms with E-state index in [0.717, 1.165) is 29.9 Å². The highest BCUT2D eigenvalue weighted by atomic mass is 32.2. The molecule has 1 aliphatic heterocycles. The summed E-state index contributed by atoms with van der Waals surface area (Å²) in [5.41, 5.74) is 1.60. The summed E-state index contributed by atoms with van der Waals surface area (Å²) in [6.07, 6.45) is 1.78. The van der Waals surface area contributed by atoms with Gasteiger partial charge in [0.05, 0.1) is 45.8 Å². The zero-order valence-electron chi connectivity index (χ0n) is 19.6. The van der Waals surface area contributed by atoms with Crippen LogP contribution < -0.4 is 18.9 Å². The third-order valence-corrected chi connectivity index (χ3v) is 6.54. The number of carbonyl (C=O) groups is 1. The number of rotatable bonds is 9. The SMILES string of the molecule is COc1ccc(-c2nnc(SCC(=O)N3CCCC3c3cc(OC)ccc3OC)o2)c(OC)c1. The number of benzene rings is 2. The minimum atomic E-state index is -0.0695. The predicted molar refractivity (Wildman–Crippen MR) is 127 cm³/mol. The predicted octanol–water partition coefficient (Wildman–Crippen LogP) is 4.23. The average Bonchev–Trinajstić information content (AvgIpc) is 3.56. The quantitative estimate of drug-likeness (QED) is 0.413. The lowest BCUT2D eigenvalue weighted by molar-refractivity contribution is -0.129. The number of amides is 1. The lowest BCUT2D eigenvalue weighted by Crippen LogP contribution is -2.32. The number of likely N-dealkylation sites (tertiary alicyclic amines) is 1. The van der Waals surface area contributed by atoms with Gasteiger partial charge >= 0.3 is 0 Å². The van der Waals surface area contributed by atoms with Crippen molar-refractivity contribution < 1.29 is 28.2 Å². The molecule has 1 fully saturated rings. The maximum atomic E-state index is 13.1. The van der Waals surface area contributed by atoms with Crippen LogP contribution in [0.25, 0.3) is 11.5 Å². The van der Waals surface area contributed by atoms with Crippen LogP contribution in [0.3, 0.4) is 0 Å². The van der Waals surface area contributed by atoms with Crippen molar-refractivity contribution in [1.29, 1.82) is 0 Å². The van der Waals surface area contributed by atoms with Gasteiger partial charge < -0.3 is 28.3 Å². The van der Waals surface area contributed by atoms with Gasteiger partial charge in [0.25, 0.3) is 11.1 Å². The van der Waals surface area contributed by atoms with Crippen molar-refractivity contribution in [3.63, 3.8) is 0 Å². The lowest BCUT2D eigenvalue weighted by atomic mass is 10.0. The van der Waals surface area contributed by atoms with Crippen molar-refractivity contribution in [3.05, 3.63) is 42.0 Å². The largest absolute Gasteiger partial charge is 0.497 e. The molecular formula is C24H27N3O6S. The van der Waals surface area contributed by atoms with Gasteiger partial charge in [-0.1, -0.05) is 11.8 Å². The maximum absolute atomic E-state index is 13.1. The molecule has 0 aliphatic carbocycles. The molecule has 0 saturated carbocycles. The van der Waals surface area contributed by atoms with E-state index >= 15 is 0 Å². The summed E-state index contributed by atoms with van der Waals surface area (Å²) in [7, 11) is 6.40. The third kappa shape index (κ3) is 4.91. The molecule has 34 heavy (non-hydrogen) atoms. The van der Waals surface area contributed by atoms with Crippen LogP contribution in [0.15, 0.2) is 46.0 Å². The molecule has 10 heteroatoms. The van der Waals surface area contributed by atoms with Crippen molar-refractivity contribution in [1.82, 2.24) is 15.1 Å². The summed E-state index contributed by atoms with van der Waals surface area (Å²) in [6.45, 7) is 0.683. The minimum absolute atomic E-state index is 0.000786. The number of hydrogen-bond acceptors (Lipinski definition) is 9. The van der Waals surface area contributed by atoms with Gasteiger partial charge in [-0.25, -0.2) is 0 Å². The van der Waals surface area contributed by atoms with Crippen LogP contribution in [-0.4, -0.2) is 61.7 Å². The number of hydrogen-bond donors (Lipinski definition) is 0. The number of thioether (sulfide) groups is 1. The Morgan fingerprint density at radius 3 is 2.47 bits per heavy atom. The zero-order valence-corrected chi connectivity index (χ0v) is 20.4. The maximum Gasteiger partial charge on any atom is 0.277 e. The van der Waals surface area contributed by atoms with E-state index in [4.69, 9.17) is 23.4 Å². The van der Waals surface area contributed by atoms with Crippen LogP contribution in [0.2, 0.25) is 0 Å². The molecule has 9 nitrogen and oxygen atoms in total. The van der Waals surface area contributed by atoms with E-state index in [1.54, 1.807) is 46.6 Å². The Kier molecular flexibility index (Phi) is 7.46. The molecule has 2 heterocycles. The molecule has 2 aromatic carbocycles. The minimum Gasteiger partial charge on any atom is -0.497 e. The Hall–Kier alpha value is -3.40. The van der Waals surface area contributed by atoms with Crippen molar-refractivity contribution in [2.24, 2.45) is 0 Å². The van der Waals surface area contributed by atoms with Crippen molar-refractivity contribution in [2.45, 2.75) is 24.1 Å². The van der Waals surface area contributed by atoms with Crippen molar-refractivity contribution >= 4 is 17.7 Å². The Morgan fingerprint density at radius 2 is 1.74 bits per heavy atom. The van der Waals surface area contributed by atoms with Crippen LogP contribution in [0, 0.1) is 0 Å². The first kappa shape index (κ1) is 23.7. The highest BCUT2D eigenvalue weighted by molar-refractivity contribution is 7.99. The molecule has 1 amide bonds. The first-order chi connectivity index (χ1) is 16.6. The lowest BCUT2D eigenvalue weighted by Gasteiger charge is -2.26. The fourth-order valence-corrected chi connectivity index (χ4v) is 4.70. The molecule has 1 aliphatic rings. The van der Waals surface area contributed by atoms with Crippen LogP contribution >= 0.6 is 11.8 Å². The van der Waals surface area contributed by atoms with E-state index in [9.17, 15) is 4.79 Å². The van der Waals surface area contributed by atoms with Gasteiger partial charge in [-0.15, -0.1) is 10.2 Å². The Bertz CT molecular complexity index is 1150. The van der Waals surface area contributed by atoms with E-state index < -0.39 is 0 Å². The second-order valence-electron chi connectivity index (χ2n) is 7.58. The molecular weight excluding hydrogens is 458 g/mol. The standard InChI is InChI=1S/C24H27N3O6S/c1-29-15-8-10-20(31-3)18(12-15)19-6-5-11-27(19)22(28)14-34-24-26-25-23(33-24)17-9-7-16(30-2)13-21(17)32-4/h7-10,12-13,19H,5-6,11,14H2,1-4H3. The number of carbonyl (C=O) groups excluding carboxylic acids is 1. The summed E-state index contributed by atoms with van der Waals surface area (Å²) in [4.78, 5) is 15.0. The van der Waals surface area contributed by atoms with E-state index in [1.165, 1.54) is 11.8 Å². The fraction of sp³-hybridized carbons (Fsp3) is 0.375. The first-order valence-electron chi connectivity index (χ1n) is 10.8. The summed E-state index contributed by atoms with van der Waals surface area (Å²) in [5, 5.41) is 8.52. The molecule has 1 aromatic heterocycles. The van der Waals surface area contributed by atoms with Gasteiger partial charge in [0.15, 0.2) is 0 Å². The summed E-state index contributed by atoms with van der Waals surface area (Å²) >= 11 is 1.21. The molecule has 1 unspecified atom stereocenters. The van der Waals surface area contributed by atoms with Gasteiger partial charge in [0.2, 0.25) is 5.91 Å². The molecule has 1 saturated heterocycles. The normalized spacial score (nSPS) is 15.3. The summed E-state index contributed by atoms with van der Waals surface area (Å²) in [6, 6.07) is 10.9. The van der Waals surface area contributed by atoms with Gasteiger partial charge in [-0.05, 0) is 43.2 Å². The second-order valence-corrected chi connectivity index (χ2v) is 8.51. The molecule has 1 atom stereocenters. The fourth-order valence-electron chi connectivity index (χ4n) is 4.05. The summed E-state index contributed by atoms with van der Waals surface area (Å²) < 4.78 is 27.3. The van der Waals surface area contributed by atoms with Gasteiger partial charge in [0, 0.05) is 18.2 Å². The Labute approximate surface area is 202 Å². The molecule has 0 spiro atoms. The highest BCUT2D eigenvalue weighted by Gasteiger charge is 2.32. The Morgan fingerprint density at radius 1 is 1.00 bits per heavy atom. The monoisotopic (exact) mass is 485 g/mol. The van der Waals surface area contributed by atoms with E-state index in [-0.39, 0.29) is 17.7 Å². The number of aromatic nitrogens is 2. The third-order valence-electron chi connectivity index (χ3n) is 5.73. The van der Waals surface area contributed by atoms with Crippen molar-refractivity contribution in [3.8, 4) is 34.5 Å². The molecule has 4 rings (SSSR count). The Balaban J connectivity index is 1.45. The second kappa shape index (κ2) is 10.7. The molecule has 3 aromatic rings. The number of methoxy groups -OCH3 is 4. The average molecular weight is 486 g/mol. The van der Waals surface area contributed by atoms with Crippen LogP contribution in [0.1, 0.15) is 24.4 Å². The van der Waals surface area contributed by atoms with Gasteiger partial charge in [-0.3, -0.25) is 4.79 Å². The van der Waals surface area contributed by atoms with E-state index in [0.29, 0.717) is 34.7 Å². The number of ether oxygens (including phenoxy) is 4. The van der Waals surface area contributed by atoms with Crippen LogP contribution in [0.5, 0.6) is 23.0 Å². The van der Waals surface area contributed by atoms with E-state index in [1.807, 2.05) is 23.1 Å². The molecule has 0 radical (unpaired) electrons. The van der Waals surface area contributed by atoms with Crippen molar-refractivity contribution in [2.75, 3.05) is 40.7 Å². The highest BCUT2D eigenvalue weighted by Crippen LogP contribution is 2.39. The zero-order chi connectivity index (χ0) is 24.1. The van der Waals surface area contributed by atoms with E-state index in [2.05, 4.69) is 10.2 Å². The van der Waals surface area contributed by atoms with Crippen LogP contribution in [-0.2, 0) is 4.79 Å². The van der Waals surface area contributed by atoms with Gasteiger partial charge in [0.1, 0.15) is 23.0 Å². The molecule has 0 N–H and O–H groups in total. The smallest absolute Gasteiger partial charge is 0.277 e. The van der Waals surface area contributed by atoms with Gasteiger partial charge in [-0.2, -0.15) is 0 Å². The first-order valence-corrected chi connectivity index (χ1v) is 11.8. The number of nitrogens with zero attached hydrogens (tertiary/aromatic N) is 3. The topological polar surface area (TPSA) is 96.2 Å². The summed E-state index contributed by atoms with van der Waals surface area (Å²) in [5.74, 6) is 3.19. The van der Waals surface area contributed by atoms with Crippen LogP contribution in [0.4, 0.5) is 0 Å².